The van der Waals surface area contributed by atoms with Crippen molar-refractivity contribution < 1.29 is 17.6 Å². The maximum absolute atomic E-state index is 12.5. The van der Waals surface area contributed by atoms with Crippen molar-refractivity contribution in [1.29, 1.82) is 0 Å². The lowest BCUT2D eigenvalue weighted by Crippen LogP contribution is -2.39. The maximum Gasteiger partial charge on any atom is 0.234 e. The molecule has 9 heteroatoms. The number of piperidine rings is 2. The molecule has 2 fully saturated rings. The van der Waals surface area contributed by atoms with Crippen LogP contribution in [0.5, 0.6) is 5.75 Å². The molecule has 4 rings (SSSR count). The lowest BCUT2D eigenvalue weighted by Gasteiger charge is -2.32. The Kier molecular flexibility index (Phi) is 6.93. The van der Waals surface area contributed by atoms with Crippen LogP contribution in [0.2, 0.25) is 0 Å². The lowest BCUT2D eigenvalue weighted by atomic mass is 9.96. The highest BCUT2D eigenvalue weighted by atomic mass is 32.2. The van der Waals surface area contributed by atoms with Gasteiger partial charge in [0, 0.05) is 24.6 Å². The van der Waals surface area contributed by atoms with Crippen molar-refractivity contribution in [1.82, 2.24) is 19.4 Å². The Hall–Kier alpha value is -1.97. The molecule has 1 aromatic carbocycles. The van der Waals surface area contributed by atoms with Crippen molar-refractivity contribution in [2.75, 3.05) is 32.5 Å². The van der Waals surface area contributed by atoms with Crippen LogP contribution in [0.25, 0.3) is 0 Å². The van der Waals surface area contributed by atoms with Gasteiger partial charge in [-0.15, -0.1) is 10.2 Å². The van der Waals surface area contributed by atoms with Crippen molar-refractivity contribution in [2.45, 2.75) is 57.5 Å². The van der Waals surface area contributed by atoms with E-state index in [0.29, 0.717) is 18.3 Å². The van der Waals surface area contributed by atoms with Gasteiger partial charge in [0.05, 0.1) is 12.9 Å². The van der Waals surface area contributed by atoms with Gasteiger partial charge in [-0.2, -0.15) is 4.31 Å². The normalized spacial score (nSPS) is 21.9. The molecule has 0 saturated carbocycles. The molecule has 0 N–H and O–H groups in total. The number of rotatable bonds is 7. The third kappa shape index (κ3) is 4.94. The number of ether oxygens (including phenoxy) is 1. The van der Waals surface area contributed by atoms with Crippen LogP contribution < -0.4 is 4.74 Å². The van der Waals surface area contributed by atoms with Crippen molar-refractivity contribution in [3.05, 3.63) is 41.6 Å². The Labute approximate surface area is 184 Å². The van der Waals surface area contributed by atoms with Gasteiger partial charge in [0.25, 0.3) is 0 Å². The zero-order valence-electron chi connectivity index (χ0n) is 18.4. The first kappa shape index (κ1) is 22.2. The molecule has 3 heterocycles. The number of methoxy groups -OCH3 is 1. The first-order valence-electron chi connectivity index (χ1n) is 11.2. The minimum Gasteiger partial charge on any atom is -0.496 e. The molecule has 2 aliphatic heterocycles. The maximum atomic E-state index is 12.5. The molecule has 8 nitrogen and oxygen atoms in total. The second-order valence-corrected chi connectivity index (χ2v) is 10.6. The number of sulfonamides is 1. The molecule has 0 radical (unpaired) electrons. The Bertz CT molecular complexity index is 969. The fraction of sp³-hybridized carbons (Fsp3) is 0.636. The van der Waals surface area contributed by atoms with Crippen LogP contribution in [0.1, 0.15) is 68.3 Å². The summed E-state index contributed by atoms with van der Waals surface area (Å²) in [5, 5.41) is 8.59. The summed E-state index contributed by atoms with van der Waals surface area (Å²) in [5.74, 6) is 2.32. The number of benzene rings is 1. The predicted octanol–water partition coefficient (Wildman–Crippen LogP) is 3.33. The molecule has 0 spiro atoms. The molecule has 31 heavy (non-hydrogen) atoms. The third-order valence-electron chi connectivity index (χ3n) is 6.44. The molecular formula is C22H32N4O4S. The van der Waals surface area contributed by atoms with Gasteiger partial charge in [-0.3, -0.25) is 4.90 Å². The van der Waals surface area contributed by atoms with E-state index in [4.69, 9.17) is 9.15 Å². The van der Waals surface area contributed by atoms with Crippen LogP contribution in [0.4, 0.5) is 0 Å². The van der Waals surface area contributed by atoms with Gasteiger partial charge >= 0.3 is 0 Å². The quantitative estimate of drug-likeness (QED) is 0.642. The summed E-state index contributed by atoms with van der Waals surface area (Å²) in [6.07, 6.45) is 4.47. The number of likely N-dealkylation sites (tertiary alicyclic amines) is 1. The third-order valence-corrected chi connectivity index (χ3v) is 8.32. The van der Waals surface area contributed by atoms with Gasteiger partial charge in [0.1, 0.15) is 11.8 Å². The van der Waals surface area contributed by atoms with Crippen LogP contribution in [0.3, 0.4) is 0 Å². The highest BCUT2D eigenvalue weighted by Crippen LogP contribution is 2.35. The standard InChI is InChI=1S/C22H32N4O4S/c1-3-31(27,28)26-13-7-6-9-19(26)22-24-23-21(30-22)17-11-14-25(15-12-17)16-18-8-4-5-10-20(18)29-2/h4-5,8,10,17,19H,3,6-7,9,11-16H2,1-2H3/t19-/m0/s1. The van der Waals surface area contributed by atoms with Gasteiger partial charge < -0.3 is 9.15 Å². The van der Waals surface area contributed by atoms with E-state index in [-0.39, 0.29) is 17.7 Å². The average Bonchev–Trinajstić information content (AvgIpc) is 3.30. The lowest BCUT2D eigenvalue weighted by molar-refractivity contribution is 0.182. The van der Waals surface area contributed by atoms with E-state index in [1.54, 1.807) is 18.3 Å². The number of hydrogen-bond acceptors (Lipinski definition) is 7. The molecule has 1 aromatic heterocycles. The van der Waals surface area contributed by atoms with Gasteiger partial charge in [0.15, 0.2) is 0 Å². The first-order chi connectivity index (χ1) is 15.0. The number of aromatic nitrogens is 2. The van der Waals surface area contributed by atoms with Gasteiger partial charge in [-0.25, -0.2) is 8.42 Å². The van der Waals surface area contributed by atoms with Crippen molar-refractivity contribution in [3.8, 4) is 5.75 Å². The summed E-state index contributed by atoms with van der Waals surface area (Å²) >= 11 is 0. The van der Waals surface area contributed by atoms with Gasteiger partial charge in [-0.1, -0.05) is 24.6 Å². The Morgan fingerprint density at radius 2 is 1.81 bits per heavy atom. The highest BCUT2D eigenvalue weighted by Gasteiger charge is 2.36. The van der Waals surface area contributed by atoms with E-state index < -0.39 is 10.0 Å². The van der Waals surface area contributed by atoms with Crippen molar-refractivity contribution in [3.63, 3.8) is 0 Å². The minimum absolute atomic E-state index is 0.0924. The fourth-order valence-electron chi connectivity index (χ4n) is 4.61. The van der Waals surface area contributed by atoms with Crippen molar-refractivity contribution >= 4 is 10.0 Å². The molecule has 1 atom stereocenters. The second-order valence-electron chi connectivity index (χ2n) is 8.36. The number of hydrogen-bond donors (Lipinski definition) is 0. The van der Waals surface area contributed by atoms with Crippen LogP contribution >= 0.6 is 0 Å². The molecule has 2 aliphatic rings. The number of para-hydroxylation sites is 1. The largest absolute Gasteiger partial charge is 0.496 e. The van der Waals surface area contributed by atoms with Crippen LogP contribution in [0.15, 0.2) is 28.7 Å². The smallest absolute Gasteiger partial charge is 0.234 e. The van der Waals surface area contributed by atoms with E-state index in [0.717, 1.165) is 57.5 Å². The summed E-state index contributed by atoms with van der Waals surface area (Å²) in [5.41, 5.74) is 1.19. The van der Waals surface area contributed by atoms with Crippen LogP contribution in [-0.4, -0.2) is 60.3 Å². The molecule has 0 aliphatic carbocycles. The summed E-state index contributed by atoms with van der Waals surface area (Å²) < 4.78 is 38.1. The summed E-state index contributed by atoms with van der Waals surface area (Å²) in [7, 11) is -1.58. The summed E-state index contributed by atoms with van der Waals surface area (Å²) in [4.78, 5) is 2.42. The van der Waals surface area contributed by atoms with Crippen molar-refractivity contribution in [2.24, 2.45) is 0 Å². The predicted molar refractivity (Wildman–Crippen MR) is 117 cm³/mol. The zero-order chi connectivity index (χ0) is 21.8. The monoisotopic (exact) mass is 448 g/mol. The van der Waals surface area contributed by atoms with E-state index in [9.17, 15) is 8.42 Å². The average molecular weight is 449 g/mol. The SMILES string of the molecule is CCS(=O)(=O)N1CCCC[C@H]1c1nnc(C2CCN(Cc3ccccc3OC)CC2)o1. The molecular weight excluding hydrogens is 416 g/mol. The minimum atomic E-state index is -3.29. The Balaban J connectivity index is 1.39. The second kappa shape index (κ2) is 9.67. The highest BCUT2D eigenvalue weighted by molar-refractivity contribution is 7.89. The fourth-order valence-corrected chi connectivity index (χ4v) is 5.93. The van der Waals surface area contributed by atoms with Crippen LogP contribution in [0, 0.1) is 0 Å². The molecule has 0 amide bonds. The molecule has 0 unspecified atom stereocenters. The summed E-state index contributed by atoms with van der Waals surface area (Å²) in [6, 6.07) is 7.80. The van der Waals surface area contributed by atoms with E-state index in [2.05, 4.69) is 21.2 Å². The van der Waals surface area contributed by atoms with Crippen LogP contribution in [-0.2, 0) is 16.6 Å². The molecule has 0 bridgehead atoms. The Morgan fingerprint density at radius 3 is 2.55 bits per heavy atom. The number of nitrogens with zero attached hydrogens (tertiary/aromatic N) is 4. The topological polar surface area (TPSA) is 88.8 Å². The van der Waals surface area contributed by atoms with Gasteiger partial charge in [-0.05, 0) is 51.8 Å². The molecule has 170 valence electrons. The first-order valence-corrected chi connectivity index (χ1v) is 12.8. The summed E-state index contributed by atoms with van der Waals surface area (Å²) in [6.45, 7) is 4.96. The zero-order valence-corrected chi connectivity index (χ0v) is 19.2. The molecule has 2 saturated heterocycles. The molecule has 2 aromatic rings. The van der Waals surface area contributed by atoms with E-state index >= 15 is 0 Å². The Morgan fingerprint density at radius 1 is 1.06 bits per heavy atom. The van der Waals surface area contributed by atoms with Gasteiger partial charge in [0.2, 0.25) is 21.8 Å². The van der Waals surface area contributed by atoms with E-state index in [1.165, 1.54) is 5.56 Å². The van der Waals surface area contributed by atoms with E-state index in [1.807, 2.05) is 18.2 Å².